The standard InChI is InChI=1S/C22H21NO9/c1-10(24)13-5-6-15(29-4)14(9-13)23-19(27)17-16-7-8-22(32-16,18(17)20(23)28)21(30-11(2)25)31-12(3)26/h5-9,16-18,21H,1-4H3/t16-,17+,18+,22-/m1/s1. The molecule has 1 aromatic carbocycles. The van der Waals surface area contributed by atoms with Crippen LogP contribution in [0.3, 0.4) is 0 Å². The number of hydrogen-bond donors (Lipinski definition) is 0. The van der Waals surface area contributed by atoms with Crippen molar-refractivity contribution in [2.45, 2.75) is 38.8 Å². The summed E-state index contributed by atoms with van der Waals surface area (Å²) in [5.41, 5.74) is -1.24. The van der Waals surface area contributed by atoms with Gasteiger partial charge >= 0.3 is 11.9 Å². The molecule has 10 nitrogen and oxygen atoms in total. The molecule has 0 unspecified atom stereocenters. The van der Waals surface area contributed by atoms with E-state index in [1.165, 1.54) is 38.3 Å². The number of nitrogens with zero attached hydrogens (tertiary/aromatic N) is 1. The molecule has 4 atom stereocenters. The Morgan fingerprint density at radius 2 is 1.72 bits per heavy atom. The number of Topliss-reactive ketones (excluding diaryl/α,β-unsaturated/α-hetero) is 1. The minimum absolute atomic E-state index is 0.121. The Morgan fingerprint density at radius 3 is 2.28 bits per heavy atom. The molecule has 0 radical (unpaired) electrons. The maximum Gasteiger partial charge on any atom is 0.305 e. The van der Waals surface area contributed by atoms with Crippen LogP contribution < -0.4 is 9.64 Å². The normalized spacial score (nSPS) is 27.7. The molecule has 3 aliphatic rings. The topological polar surface area (TPSA) is 126 Å². The summed E-state index contributed by atoms with van der Waals surface area (Å²) in [6.45, 7) is 3.62. The minimum atomic E-state index is -1.65. The monoisotopic (exact) mass is 443 g/mol. The lowest BCUT2D eigenvalue weighted by Gasteiger charge is -2.34. The lowest BCUT2D eigenvalue weighted by atomic mass is 9.76. The van der Waals surface area contributed by atoms with Crippen molar-refractivity contribution in [1.82, 2.24) is 0 Å². The molecule has 0 saturated carbocycles. The first kappa shape index (κ1) is 21.7. The maximum atomic E-state index is 13.6. The fraction of sp³-hybridized carbons (Fsp3) is 0.409. The van der Waals surface area contributed by atoms with Crippen LogP contribution >= 0.6 is 0 Å². The van der Waals surface area contributed by atoms with Crippen LogP contribution in [-0.4, -0.2) is 54.6 Å². The summed E-state index contributed by atoms with van der Waals surface area (Å²) in [7, 11) is 1.38. The zero-order valence-electron chi connectivity index (χ0n) is 17.8. The van der Waals surface area contributed by atoms with Crippen molar-refractivity contribution < 1.29 is 42.9 Å². The number of anilines is 1. The average Bonchev–Trinajstić information content (AvgIpc) is 3.37. The number of hydrogen-bond acceptors (Lipinski definition) is 9. The van der Waals surface area contributed by atoms with E-state index in [0.717, 1.165) is 18.7 Å². The second-order valence-electron chi connectivity index (χ2n) is 7.80. The second-order valence-corrected chi connectivity index (χ2v) is 7.80. The van der Waals surface area contributed by atoms with Gasteiger partial charge in [0.2, 0.25) is 11.8 Å². The van der Waals surface area contributed by atoms with Gasteiger partial charge in [-0.3, -0.25) is 24.0 Å². The van der Waals surface area contributed by atoms with Crippen LogP contribution in [0.4, 0.5) is 5.69 Å². The van der Waals surface area contributed by atoms with Gasteiger partial charge in [0.15, 0.2) is 11.4 Å². The molecule has 168 valence electrons. The van der Waals surface area contributed by atoms with E-state index in [1.807, 2.05) is 0 Å². The fourth-order valence-electron chi connectivity index (χ4n) is 4.54. The number of ether oxygens (including phenoxy) is 4. The fourth-order valence-corrected chi connectivity index (χ4v) is 4.54. The quantitative estimate of drug-likeness (QED) is 0.209. The Hall–Kier alpha value is -3.53. The van der Waals surface area contributed by atoms with Crippen LogP contribution in [0.5, 0.6) is 5.75 Å². The molecular weight excluding hydrogens is 422 g/mol. The van der Waals surface area contributed by atoms with Crippen LogP contribution in [0, 0.1) is 11.8 Å². The number of benzene rings is 1. The predicted molar refractivity (Wildman–Crippen MR) is 107 cm³/mol. The van der Waals surface area contributed by atoms with Gasteiger partial charge < -0.3 is 18.9 Å². The number of fused-ring (bicyclic) bond motifs is 5. The lowest BCUT2D eigenvalue weighted by molar-refractivity contribution is -0.226. The number of amides is 2. The highest BCUT2D eigenvalue weighted by molar-refractivity contribution is 6.24. The van der Waals surface area contributed by atoms with Gasteiger partial charge in [-0.15, -0.1) is 0 Å². The van der Waals surface area contributed by atoms with Gasteiger partial charge in [-0.1, -0.05) is 6.08 Å². The van der Waals surface area contributed by atoms with Crippen molar-refractivity contribution in [2.75, 3.05) is 12.0 Å². The number of ketones is 1. The number of rotatable bonds is 6. The highest BCUT2D eigenvalue weighted by Gasteiger charge is 2.72. The summed E-state index contributed by atoms with van der Waals surface area (Å²) in [4.78, 5) is 63.1. The molecule has 3 heterocycles. The number of imide groups is 1. The molecule has 0 spiro atoms. The zero-order chi connectivity index (χ0) is 23.4. The molecule has 4 rings (SSSR count). The molecule has 2 amide bonds. The van der Waals surface area contributed by atoms with Gasteiger partial charge in [0.05, 0.1) is 30.7 Å². The zero-order valence-corrected chi connectivity index (χ0v) is 17.8. The summed E-state index contributed by atoms with van der Waals surface area (Å²) in [6.07, 6.45) is 0.736. The van der Waals surface area contributed by atoms with E-state index in [4.69, 9.17) is 18.9 Å². The third-order valence-electron chi connectivity index (χ3n) is 5.82. The summed E-state index contributed by atoms with van der Waals surface area (Å²) in [5.74, 6) is -4.76. The Bertz CT molecular complexity index is 1060. The average molecular weight is 443 g/mol. The van der Waals surface area contributed by atoms with Crippen LogP contribution in [0.1, 0.15) is 31.1 Å². The first-order valence-corrected chi connectivity index (χ1v) is 9.89. The molecule has 2 fully saturated rings. The molecule has 3 aliphatic heterocycles. The molecule has 0 aromatic heterocycles. The SMILES string of the molecule is COc1ccc(C(C)=O)cc1N1C(=O)[C@@H]2[C@@H](C1=O)[C@@]1(C(OC(C)=O)OC(C)=O)C=C[C@H]2O1. The third-order valence-corrected chi connectivity index (χ3v) is 5.82. The Balaban J connectivity index is 1.79. The summed E-state index contributed by atoms with van der Waals surface area (Å²) in [6, 6.07) is 4.45. The predicted octanol–water partition coefficient (Wildman–Crippen LogP) is 1.16. The number of esters is 2. The van der Waals surface area contributed by atoms with E-state index in [-0.39, 0.29) is 17.2 Å². The third kappa shape index (κ3) is 3.10. The van der Waals surface area contributed by atoms with Gasteiger partial charge in [0, 0.05) is 19.4 Å². The van der Waals surface area contributed by atoms with E-state index in [0.29, 0.717) is 5.56 Å². The molecule has 10 heteroatoms. The Kier molecular flexibility index (Phi) is 5.12. The largest absolute Gasteiger partial charge is 0.495 e. The Labute approximate surface area is 183 Å². The Morgan fingerprint density at radius 1 is 1.06 bits per heavy atom. The van der Waals surface area contributed by atoms with Crippen LogP contribution in [0.25, 0.3) is 0 Å². The smallest absolute Gasteiger partial charge is 0.305 e. The van der Waals surface area contributed by atoms with Crippen LogP contribution in [0.2, 0.25) is 0 Å². The molecule has 2 bridgehead atoms. The lowest BCUT2D eigenvalue weighted by Crippen LogP contribution is -2.52. The van der Waals surface area contributed by atoms with Crippen molar-refractivity contribution in [3.8, 4) is 5.75 Å². The first-order chi connectivity index (χ1) is 15.1. The van der Waals surface area contributed by atoms with Gasteiger partial charge in [-0.05, 0) is 31.2 Å². The van der Waals surface area contributed by atoms with Crippen molar-refractivity contribution in [1.29, 1.82) is 0 Å². The summed E-state index contributed by atoms with van der Waals surface area (Å²) in [5, 5.41) is 0. The molecular formula is C22H21NO9. The van der Waals surface area contributed by atoms with Crippen molar-refractivity contribution in [3.63, 3.8) is 0 Å². The number of carbonyl (C=O) groups is 5. The number of carbonyl (C=O) groups excluding carboxylic acids is 5. The van der Waals surface area contributed by atoms with Crippen molar-refractivity contribution >= 4 is 35.2 Å². The molecule has 2 saturated heterocycles. The molecule has 32 heavy (non-hydrogen) atoms. The summed E-state index contributed by atoms with van der Waals surface area (Å²) < 4.78 is 21.6. The molecule has 0 N–H and O–H groups in total. The minimum Gasteiger partial charge on any atom is -0.495 e. The van der Waals surface area contributed by atoms with E-state index in [1.54, 1.807) is 6.08 Å². The van der Waals surface area contributed by atoms with Gasteiger partial charge in [0.25, 0.3) is 6.29 Å². The highest BCUT2D eigenvalue weighted by Crippen LogP contribution is 2.55. The molecule has 0 aliphatic carbocycles. The van der Waals surface area contributed by atoms with Crippen molar-refractivity contribution in [2.24, 2.45) is 11.8 Å². The van der Waals surface area contributed by atoms with E-state index >= 15 is 0 Å². The first-order valence-electron chi connectivity index (χ1n) is 9.89. The van der Waals surface area contributed by atoms with Gasteiger partial charge in [-0.25, -0.2) is 4.90 Å². The van der Waals surface area contributed by atoms with E-state index in [9.17, 15) is 24.0 Å². The summed E-state index contributed by atoms with van der Waals surface area (Å²) >= 11 is 0. The van der Waals surface area contributed by atoms with E-state index < -0.39 is 53.6 Å². The van der Waals surface area contributed by atoms with Gasteiger partial charge in [-0.2, -0.15) is 0 Å². The van der Waals surface area contributed by atoms with Crippen LogP contribution in [0.15, 0.2) is 30.4 Å². The number of methoxy groups -OCH3 is 1. The maximum absolute atomic E-state index is 13.6. The van der Waals surface area contributed by atoms with Gasteiger partial charge in [0.1, 0.15) is 5.75 Å². The van der Waals surface area contributed by atoms with Crippen molar-refractivity contribution in [3.05, 3.63) is 35.9 Å². The van der Waals surface area contributed by atoms with E-state index in [2.05, 4.69) is 0 Å². The van der Waals surface area contributed by atoms with Crippen LogP contribution in [-0.2, 0) is 33.4 Å². The highest BCUT2D eigenvalue weighted by atomic mass is 16.7. The second kappa shape index (κ2) is 7.56. The molecule has 1 aromatic rings.